The minimum atomic E-state index is -2.79. The first-order chi connectivity index (χ1) is 7.47. The summed E-state index contributed by atoms with van der Waals surface area (Å²) in [5, 5.41) is 18.9. The summed E-state index contributed by atoms with van der Waals surface area (Å²) in [6, 6.07) is 2.63. The van der Waals surface area contributed by atoms with E-state index in [1.54, 1.807) is 6.07 Å². The third-order valence-corrected chi connectivity index (χ3v) is 1.98. The van der Waals surface area contributed by atoms with Gasteiger partial charge in [-0.3, -0.25) is 0 Å². The zero-order valence-electron chi connectivity index (χ0n) is 8.28. The fourth-order valence-electron chi connectivity index (χ4n) is 1.33. The van der Waals surface area contributed by atoms with Crippen molar-refractivity contribution in [2.24, 2.45) is 0 Å². The number of aromatic nitrogens is 1. The van der Waals surface area contributed by atoms with Crippen LogP contribution in [0.4, 0.5) is 14.6 Å². The Hall–Kier alpha value is -2.10. The van der Waals surface area contributed by atoms with Crippen LogP contribution in [0.2, 0.25) is 0 Å². The molecule has 0 fully saturated rings. The molecular formula is C9H7F2N3O2. The number of rotatable bonds is 3. The Bertz CT molecular complexity index is 469. The number of nitrogens with zero attached hydrogens (tertiary/aromatic N) is 3. The first kappa shape index (κ1) is 12.0. The quantitative estimate of drug-likeness (QED) is 0.586. The normalized spacial score (nSPS) is 10.2. The highest BCUT2D eigenvalue weighted by molar-refractivity contribution is 5.38. The lowest BCUT2D eigenvalue weighted by molar-refractivity contribution is -0.389. The Labute approximate surface area is 89.5 Å². The third kappa shape index (κ3) is 2.28. The van der Waals surface area contributed by atoms with Gasteiger partial charge in [-0.25, -0.2) is 8.78 Å². The maximum absolute atomic E-state index is 12.6. The number of nitro groups is 1. The predicted molar refractivity (Wildman–Crippen MR) is 49.9 cm³/mol. The molecule has 0 amide bonds. The van der Waals surface area contributed by atoms with Gasteiger partial charge in [0.1, 0.15) is 6.42 Å². The first-order valence-electron chi connectivity index (χ1n) is 4.27. The van der Waals surface area contributed by atoms with Crippen molar-refractivity contribution in [1.29, 1.82) is 5.26 Å². The van der Waals surface area contributed by atoms with Crippen molar-refractivity contribution >= 4 is 5.82 Å². The Morgan fingerprint density at radius 2 is 2.31 bits per heavy atom. The molecule has 0 aliphatic carbocycles. The Morgan fingerprint density at radius 1 is 1.69 bits per heavy atom. The second-order valence-electron chi connectivity index (χ2n) is 3.05. The molecule has 16 heavy (non-hydrogen) atoms. The molecule has 1 heterocycles. The molecule has 0 aliphatic rings. The molecule has 0 saturated heterocycles. The van der Waals surface area contributed by atoms with Crippen LogP contribution in [-0.4, -0.2) is 9.91 Å². The highest BCUT2D eigenvalue weighted by atomic mass is 19.3. The maximum Gasteiger partial charge on any atom is 0.363 e. The summed E-state index contributed by atoms with van der Waals surface area (Å²) in [5.41, 5.74) is -0.557. The van der Waals surface area contributed by atoms with Gasteiger partial charge < -0.3 is 10.1 Å². The molecule has 0 aromatic carbocycles. The Kier molecular flexibility index (Phi) is 3.45. The van der Waals surface area contributed by atoms with Crippen LogP contribution in [-0.2, 0) is 6.42 Å². The molecule has 0 bridgehead atoms. The van der Waals surface area contributed by atoms with E-state index < -0.39 is 22.7 Å². The van der Waals surface area contributed by atoms with Crippen molar-refractivity contribution in [3.8, 4) is 6.07 Å². The van der Waals surface area contributed by atoms with Gasteiger partial charge in [0.05, 0.1) is 11.6 Å². The summed E-state index contributed by atoms with van der Waals surface area (Å²) in [6.45, 7) is 1.33. The van der Waals surface area contributed by atoms with Gasteiger partial charge in [0.2, 0.25) is 0 Å². The summed E-state index contributed by atoms with van der Waals surface area (Å²) < 4.78 is 25.3. The lowest BCUT2D eigenvalue weighted by Gasteiger charge is -2.05. The molecule has 0 radical (unpaired) electrons. The molecule has 84 valence electrons. The lowest BCUT2D eigenvalue weighted by atomic mass is 10.1. The smallest absolute Gasteiger partial charge is 0.358 e. The van der Waals surface area contributed by atoms with Gasteiger partial charge in [0, 0.05) is 6.07 Å². The minimum absolute atomic E-state index is 0.0713. The monoisotopic (exact) mass is 227 g/mol. The number of halogens is 2. The van der Waals surface area contributed by atoms with Crippen LogP contribution < -0.4 is 0 Å². The zero-order valence-corrected chi connectivity index (χ0v) is 8.28. The summed E-state index contributed by atoms with van der Waals surface area (Å²) in [6.07, 6.45) is -3.17. The minimum Gasteiger partial charge on any atom is -0.358 e. The first-order valence-corrected chi connectivity index (χ1v) is 4.27. The molecule has 1 aromatic rings. The van der Waals surface area contributed by atoms with Crippen molar-refractivity contribution in [2.45, 2.75) is 19.8 Å². The summed E-state index contributed by atoms with van der Waals surface area (Å²) in [5.74, 6) is -0.521. The molecule has 5 nitrogen and oxygen atoms in total. The van der Waals surface area contributed by atoms with Gasteiger partial charge in [-0.1, -0.05) is 0 Å². The number of hydrogen-bond acceptors (Lipinski definition) is 4. The maximum atomic E-state index is 12.6. The topological polar surface area (TPSA) is 79.8 Å². The molecule has 1 aromatic heterocycles. The Balaban J connectivity index is 3.40. The van der Waals surface area contributed by atoms with Crippen LogP contribution in [0.15, 0.2) is 6.07 Å². The number of hydrogen-bond donors (Lipinski definition) is 0. The van der Waals surface area contributed by atoms with Crippen LogP contribution in [0.25, 0.3) is 0 Å². The molecular weight excluding hydrogens is 220 g/mol. The van der Waals surface area contributed by atoms with Crippen molar-refractivity contribution < 1.29 is 13.7 Å². The molecule has 0 saturated carbocycles. The van der Waals surface area contributed by atoms with Gasteiger partial charge in [0.15, 0.2) is 5.69 Å². The van der Waals surface area contributed by atoms with Gasteiger partial charge in [-0.2, -0.15) is 5.26 Å². The van der Waals surface area contributed by atoms with Gasteiger partial charge in [-0.05, 0) is 22.4 Å². The van der Waals surface area contributed by atoms with E-state index in [2.05, 4.69) is 4.98 Å². The van der Waals surface area contributed by atoms with Crippen LogP contribution in [0.1, 0.15) is 23.2 Å². The van der Waals surface area contributed by atoms with E-state index in [9.17, 15) is 18.9 Å². The van der Waals surface area contributed by atoms with Crippen LogP contribution in [0.3, 0.4) is 0 Å². The van der Waals surface area contributed by atoms with Crippen LogP contribution >= 0.6 is 0 Å². The van der Waals surface area contributed by atoms with Crippen molar-refractivity contribution in [3.63, 3.8) is 0 Å². The SMILES string of the molecule is Cc1cc([N+](=O)[O-])nc(CC#N)c1C(F)F. The van der Waals surface area contributed by atoms with Gasteiger partial charge in [0.25, 0.3) is 6.43 Å². The molecule has 0 aliphatic heterocycles. The van der Waals surface area contributed by atoms with E-state index in [0.29, 0.717) is 0 Å². The number of aryl methyl sites for hydroxylation is 1. The highest BCUT2D eigenvalue weighted by Crippen LogP contribution is 2.28. The van der Waals surface area contributed by atoms with E-state index in [-0.39, 0.29) is 17.7 Å². The standard InChI is InChI=1S/C9H7F2N3O2/c1-5-4-7(14(15)16)13-6(2-3-12)8(5)9(10)11/h4,9H,2H2,1H3. The van der Waals surface area contributed by atoms with E-state index >= 15 is 0 Å². The van der Waals surface area contributed by atoms with Crippen molar-refractivity contribution in [1.82, 2.24) is 4.98 Å². The number of alkyl halides is 2. The molecule has 0 atom stereocenters. The predicted octanol–water partition coefficient (Wildman–Crippen LogP) is 2.30. The number of nitriles is 1. The molecule has 1 rings (SSSR count). The average molecular weight is 227 g/mol. The zero-order chi connectivity index (χ0) is 12.3. The highest BCUT2D eigenvalue weighted by Gasteiger charge is 2.24. The molecule has 0 N–H and O–H groups in total. The largest absolute Gasteiger partial charge is 0.363 e. The summed E-state index contributed by atoms with van der Waals surface area (Å²) >= 11 is 0. The number of pyridine rings is 1. The van der Waals surface area contributed by atoms with E-state index in [0.717, 1.165) is 6.07 Å². The van der Waals surface area contributed by atoms with E-state index in [1.165, 1.54) is 6.92 Å². The average Bonchev–Trinajstić information content (AvgIpc) is 2.16. The fourth-order valence-corrected chi connectivity index (χ4v) is 1.33. The third-order valence-electron chi connectivity index (χ3n) is 1.98. The van der Waals surface area contributed by atoms with Crippen molar-refractivity contribution in [3.05, 3.63) is 33.0 Å². The molecule has 7 heteroatoms. The summed E-state index contributed by atoms with van der Waals surface area (Å²) in [4.78, 5) is 13.1. The Morgan fingerprint density at radius 3 is 2.75 bits per heavy atom. The molecule has 0 spiro atoms. The van der Waals surface area contributed by atoms with Crippen molar-refractivity contribution in [2.75, 3.05) is 0 Å². The van der Waals surface area contributed by atoms with E-state index in [1.807, 2.05) is 0 Å². The fraction of sp³-hybridized carbons (Fsp3) is 0.333. The van der Waals surface area contributed by atoms with Crippen LogP contribution in [0, 0.1) is 28.4 Å². The second kappa shape index (κ2) is 4.61. The summed E-state index contributed by atoms with van der Waals surface area (Å²) in [7, 11) is 0. The van der Waals surface area contributed by atoms with Gasteiger partial charge in [-0.15, -0.1) is 0 Å². The van der Waals surface area contributed by atoms with Crippen LogP contribution in [0.5, 0.6) is 0 Å². The van der Waals surface area contributed by atoms with Gasteiger partial charge >= 0.3 is 5.82 Å². The second-order valence-corrected chi connectivity index (χ2v) is 3.05. The molecule has 0 unspecified atom stereocenters. The lowest BCUT2D eigenvalue weighted by Crippen LogP contribution is -2.04. The van der Waals surface area contributed by atoms with E-state index in [4.69, 9.17) is 5.26 Å².